The molecule has 0 saturated heterocycles. The lowest BCUT2D eigenvalue weighted by Gasteiger charge is -2.09. The molecule has 0 saturated carbocycles. The number of nitrogens with zero attached hydrogens (tertiary/aromatic N) is 2. The van der Waals surface area contributed by atoms with E-state index in [0.29, 0.717) is 21.6 Å². The number of H-pyrrole nitrogens is 1. The standard InChI is InChI=1S/C19H14N4O3S/c1-22-17(25)14-6-5-11(9-15(14)18(22)26)16(24)21-12-3-2-4-13(10-12)23-8-7-20-19(23)27/h2-10H,1H3,(H,20,27)(H,21,24). The summed E-state index contributed by atoms with van der Waals surface area (Å²) in [6, 6.07) is 11.7. The third-order valence-corrected chi connectivity index (χ3v) is 4.70. The zero-order valence-electron chi connectivity index (χ0n) is 14.2. The van der Waals surface area contributed by atoms with Gasteiger partial charge in [0.15, 0.2) is 4.77 Å². The van der Waals surface area contributed by atoms with Crippen molar-refractivity contribution in [3.63, 3.8) is 0 Å². The van der Waals surface area contributed by atoms with Crippen LogP contribution in [0.1, 0.15) is 31.1 Å². The summed E-state index contributed by atoms with van der Waals surface area (Å²) in [7, 11) is 1.42. The van der Waals surface area contributed by atoms with Crippen LogP contribution in [-0.4, -0.2) is 39.2 Å². The number of benzene rings is 2. The van der Waals surface area contributed by atoms with Crippen molar-refractivity contribution in [2.75, 3.05) is 12.4 Å². The Balaban J connectivity index is 1.61. The molecule has 0 spiro atoms. The van der Waals surface area contributed by atoms with E-state index in [1.807, 2.05) is 6.07 Å². The van der Waals surface area contributed by atoms with Crippen molar-refractivity contribution in [2.24, 2.45) is 0 Å². The average molecular weight is 378 g/mol. The molecule has 2 heterocycles. The molecule has 0 bridgehead atoms. The normalized spacial score (nSPS) is 13.0. The molecule has 8 heteroatoms. The van der Waals surface area contributed by atoms with E-state index in [4.69, 9.17) is 12.2 Å². The van der Waals surface area contributed by atoms with E-state index in [2.05, 4.69) is 10.3 Å². The Morgan fingerprint density at radius 3 is 2.59 bits per heavy atom. The zero-order chi connectivity index (χ0) is 19.1. The highest BCUT2D eigenvalue weighted by molar-refractivity contribution is 7.71. The molecule has 0 atom stereocenters. The van der Waals surface area contributed by atoms with Gasteiger partial charge in [-0.25, -0.2) is 0 Å². The lowest BCUT2D eigenvalue weighted by Crippen LogP contribution is -2.24. The molecule has 27 heavy (non-hydrogen) atoms. The second-order valence-corrected chi connectivity index (χ2v) is 6.46. The van der Waals surface area contributed by atoms with Gasteiger partial charge in [-0.3, -0.25) is 23.9 Å². The minimum Gasteiger partial charge on any atom is -0.337 e. The van der Waals surface area contributed by atoms with Crippen LogP contribution in [0.4, 0.5) is 5.69 Å². The summed E-state index contributed by atoms with van der Waals surface area (Å²) in [5.41, 5.74) is 2.23. The number of anilines is 1. The molecular weight excluding hydrogens is 364 g/mol. The van der Waals surface area contributed by atoms with Gasteiger partial charge in [-0.05, 0) is 48.6 Å². The third kappa shape index (κ3) is 2.85. The molecule has 0 radical (unpaired) electrons. The van der Waals surface area contributed by atoms with E-state index in [0.717, 1.165) is 10.6 Å². The Labute approximate surface area is 159 Å². The lowest BCUT2D eigenvalue weighted by atomic mass is 10.1. The summed E-state index contributed by atoms with van der Waals surface area (Å²) < 4.78 is 2.32. The van der Waals surface area contributed by atoms with Gasteiger partial charge in [-0.1, -0.05) is 6.07 Å². The Bertz CT molecular complexity index is 1160. The first kappa shape index (κ1) is 16.9. The molecule has 2 N–H and O–H groups in total. The summed E-state index contributed by atoms with van der Waals surface area (Å²) in [6.45, 7) is 0. The fourth-order valence-corrected chi connectivity index (χ4v) is 3.20. The monoisotopic (exact) mass is 378 g/mol. The summed E-state index contributed by atoms with van der Waals surface area (Å²) in [6.07, 6.45) is 3.52. The highest BCUT2D eigenvalue weighted by atomic mass is 32.1. The number of aromatic nitrogens is 2. The van der Waals surface area contributed by atoms with Gasteiger partial charge >= 0.3 is 0 Å². The highest BCUT2D eigenvalue weighted by Gasteiger charge is 2.33. The molecule has 0 fully saturated rings. The molecule has 134 valence electrons. The van der Waals surface area contributed by atoms with Gasteiger partial charge < -0.3 is 10.3 Å². The largest absolute Gasteiger partial charge is 0.337 e. The Kier molecular flexibility index (Phi) is 3.97. The number of imide groups is 1. The molecule has 1 aromatic heterocycles. The molecule has 1 aliphatic rings. The van der Waals surface area contributed by atoms with Crippen molar-refractivity contribution in [1.29, 1.82) is 0 Å². The molecule has 3 aromatic rings. The predicted octanol–water partition coefficient (Wildman–Crippen LogP) is 3.01. The molecule has 1 aliphatic heterocycles. The molecule has 4 rings (SSSR count). The van der Waals surface area contributed by atoms with E-state index < -0.39 is 5.91 Å². The molecule has 2 aromatic carbocycles. The molecule has 7 nitrogen and oxygen atoms in total. The number of carbonyl (C=O) groups excluding carboxylic acids is 3. The molecule has 0 unspecified atom stereocenters. The van der Waals surface area contributed by atoms with Gasteiger partial charge in [0.2, 0.25) is 0 Å². The van der Waals surface area contributed by atoms with Crippen LogP contribution in [0.3, 0.4) is 0 Å². The van der Waals surface area contributed by atoms with E-state index in [1.165, 1.54) is 25.2 Å². The summed E-state index contributed by atoms with van der Waals surface area (Å²) >= 11 is 5.21. The number of hydrogen-bond acceptors (Lipinski definition) is 4. The molecule has 0 aliphatic carbocycles. The predicted molar refractivity (Wildman–Crippen MR) is 102 cm³/mol. The number of nitrogens with one attached hydrogen (secondary N) is 2. The first-order chi connectivity index (χ1) is 13.0. The second kappa shape index (κ2) is 6.33. The Morgan fingerprint density at radius 2 is 1.85 bits per heavy atom. The van der Waals surface area contributed by atoms with Crippen molar-refractivity contribution in [2.45, 2.75) is 0 Å². The maximum absolute atomic E-state index is 12.6. The van der Waals surface area contributed by atoms with Gasteiger partial charge in [0.05, 0.1) is 11.1 Å². The van der Waals surface area contributed by atoms with Crippen molar-refractivity contribution in [3.05, 3.63) is 76.3 Å². The van der Waals surface area contributed by atoms with Crippen LogP contribution in [-0.2, 0) is 0 Å². The summed E-state index contributed by atoms with van der Waals surface area (Å²) in [4.78, 5) is 40.6. The van der Waals surface area contributed by atoms with Crippen LogP contribution in [0.2, 0.25) is 0 Å². The van der Waals surface area contributed by atoms with Crippen LogP contribution >= 0.6 is 12.2 Å². The van der Waals surface area contributed by atoms with Crippen molar-refractivity contribution < 1.29 is 14.4 Å². The van der Waals surface area contributed by atoms with E-state index in [1.54, 1.807) is 35.2 Å². The van der Waals surface area contributed by atoms with E-state index in [9.17, 15) is 14.4 Å². The van der Waals surface area contributed by atoms with Crippen molar-refractivity contribution in [1.82, 2.24) is 14.5 Å². The van der Waals surface area contributed by atoms with Crippen molar-refractivity contribution in [3.8, 4) is 5.69 Å². The number of imidazole rings is 1. The van der Waals surface area contributed by atoms with Gasteiger partial charge in [0, 0.05) is 36.4 Å². The summed E-state index contributed by atoms with van der Waals surface area (Å²) in [5.74, 6) is -1.14. The minimum atomic E-state index is -0.409. The summed E-state index contributed by atoms with van der Waals surface area (Å²) in [5, 5.41) is 2.80. The molecule has 3 amide bonds. The van der Waals surface area contributed by atoms with Gasteiger partial charge in [-0.2, -0.15) is 0 Å². The first-order valence-electron chi connectivity index (χ1n) is 8.10. The van der Waals surface area contributed by atoms with E-state index in [-0.39, 0.29) is 17.4 Å². The minimum absolute atomic E-state index is 0.238. The zero-order valence-corrected chi connectivity index (χ0v) is 15.0. The van der Waals surface area contributed by atoms with Crippen molar-refractivity contribution >= 4 is 35.6 Å². The third-order valence-electron chi connectivity index (χ3n) is 4.38. The Hall–Kier alpha value is -3.52. The fraction of sp³-hybridized carbons (Fsp3) is 0.0526. The number of amides is 3. The van der Waals surface area contributed by atoms with Gasteiger partial charge in [0.1, 0.15) is 0 Å². The van der Waals surface area contributed by atoms with Gasteiger partial charge in [-0.15, -0.1) is 0 Å². The van der Waals surface area contributed by atoms with Gasteiger partial charge in [0.25, 0.3) is 17.7 Å². The number of carbonyl (C=O) groups is 3. The first-order valence-corrected chi connectivity index (χ1v) is 8.51. The average Bonchev–Trinajstić information content (AvgIpc) is 3.19. The Morgan fingerprint density at radius 1 is 1.07 bits per heavy atom. The van der Waals surface area contributed by atoms with Crippen LogP contribution in [0.25, 0.3) is 5.69 Å². The fourth-order valence-electron chi connectivity index (χ4n) is 2.96. The topological polar surface area (TPSA) is 87.2 Å². The lowest BCUT2D eigenvalue weighted by molar-refractivity contribution is 0.0693. The molecular formula is C19H14N4O3S. The number of aromatic amines is 1. The van der Waals surface area contributed by atoms with Crippen LogP contribution in [0, 0.1) is 4.77 Å². The number of fused-ring (bicyclic) bond motifs is 1. The van der Waals surface area contributed by atoms with Crippen LogP contribution in [0.15, 0.2) is 54.9 Å². The number of hydrogen-bond donors (Lipinski definition) is 2. The maximum Gasteiger partial charge on any atom is 0.261 e. The SMILES string of the molecule is CN1C(=O)c2ccc(C(=O)Nc3cccc(-n4cc[nH]c4=S)c3)cc2C1=O. The van der Waals surface area contributed by atoms with Crippen LogP contribution in [0.5, 0.6) is 0 Å². The smallest absolute Gasteiger partial charge is 0.261 e. The second-order valence-electron chi connectivity index (χ2n) is 6.07. The maximum atomic E-state index is 12.6. The quantitative estimate of drug-likeness (QED) is 0.542. The number of rotatable bonds is 3. The highest BCUT2D eigenvalue weighted by Crippen LogP contribution is 2.23. The van der Waals surface area contributed by atoms with Crippen LogP contribution < -0.4 is 5.32 Å². The van der Waals surface area contributed by atoms with E-state index >= 15 is 0 Å².